The van der Waals surface area contributed by atoms with Crippen molar-refractivity contribution in [3.8, 4) is 34.5 Å². The molecule has 0 aliphatic carbocycles. The SMILES string of the molecule is CCN(CC)CC.COc1cc(N)cc(C)c1OC.COc1cc(Nc2ncc(Br)c(Nc3ccccc3O)n2)cc(C)c1OC.Oc1ccccc1Nc1nc(Cl)ncc1Br.[Cl][Zn][Cl]. The number of hydrogen-bond acceptors (Lipinski definition) is 15. The molecule has 2 aromatic heterocycles. The van der Waals surface area contributed by atoms with Gasteiger partial charge in [-0.05, 0) is 124 Å². The number of para-hydroxylation sites is 4. The summed E-state index contributed by atoms with van der Waals surface area (Å²) in [6.45, 7) is 14.0. The van der Waals surface area contributed by atoms with Crippen molar-refractivity contribution in [3.63, 3.8) is 0 Å². The van der Waals surface area contributed by atoms with Crippen LogP contribution >= 0.6 is 62.8 Å². The fraction of sp³-hybridized carbons (Fsp3) is 0.273. The van der Waals surface area contributed by atoms with Gasteiger partial charge in [0.25, 0.3) is 0 Å². The van der Waals surface area contributed by atoms with Crippen molar-refractivity contribution in [2.24, 2.45) is 0 Å². The van der Waals surface area contributed by atoms with E-state index in [-0.39, 0.29) is 16.8 Å². The first-order chi connectivity index (χ1) is 31.1. The van der Waals surface area contributed by atoms with Crippen LogP contribution in [0.1, 0.15) is 31.9 Å². The second-order valence-corrected chi connectivity index (χ2v) is 19.6. The van der Waals surface area contributed by atoms with Crippen molar-refractivity contribution in [1.29, 1.82) is 0 Å². The van der Waals surface area contributed by atoms with Crippen LogP contribution in [0, 0.1) is 13.8 Å². The van der Waals surface area contributed by atoms with Gasteiger partial charge in [0, 0.05) is 35.9 Å². The molecule has 0 aliphatic rings. The summed E-state index contributed by atoms with van der Waals surface area (Å²) in [6.07, 6.45) is 3.17. The molecule has 0 fully saturated rings. The Labute approximate surface area is 418 Å². The van der Waals surface area contributed by atoms with Gasteiger partial charge in [0.1, 0.15) is 23.1 Å². The Morgan fingerprint density at radius 1 is 0.662 bits per heavy atom. The van der Waals surface area contributed by atoms with Crippen molar-refractivity contribution < 1.29 is 44.3 Å². The van der Waals surface area contributed by atoms with E-state index in [1.165, 1.54) is 25.8 Å². The number of aromatic hydroxyl groups is 2. The Morgan fingerprint density at radius 2 is 1.11 bits per heavy atom. The van der Waals surface area contributed by atoms with Crippen molar-refractivity contribution in [1.82, 2.24) is 24.8 Å². The standard InChI is InChI=1S/C19H19BrN4O3.C10H7BrClN3O.C9H13NO2.C6H15N.2ClH.Zn/c1-11-8-12(9-16(26-2)17(11)27-3)22-19-21-10-13(20)18(24-19)23-14-6-4-5-7-15(14)25;11-6-5-13-10(12)15-9(6)14-7-3-1-2-4-8(7)16;1-6-4-7(10)5-8(11-2)9(6)12-3;1-4-7(5-2)6-3;;;/h4-10,25H,1-3H3,(H2,21,22,23,24);1-5,16H,(H,13,14,15);4-5H,10H2,1-3H3;4-6H2,1-3H3;2*1H;/q;;;;;;+2/p-2. The number of anilines is 7. The van der Waals surface area contributed by atoms with Crippen LogP contribution in [0.2, 0.25) is 5.28 Å². The number of aromatic nitrogens is 4. The van der Waals surface area contributed by atoms with Crippen LogP contribution in [0.3, 0.4) is 0 Å². The van der Waals surface area contributed by atoms with Gasteiger partial charge in [-0.1, -0.05) is 45.0 Å². The summed E-state index contributed by atoms with van der Waals surface area (Å²) in [4.78, 5) is 18.9. The first-order valence-corrected chi connectivity index (χ1v) is 29.5. The van der Waals surface area contributed by atoms with Crippen molar-refractivity contribution in [2.75, 3.05) is 69.8 Å². The van der Waals surface area contributed by atoms with E-state index >= 15 is 0 Å². The zero-order chi connectivity index (χ0) is 48.5. The third-order valence-electron chi connectivity index (χ3n) is 8.72. The van der Waals surface area contributed by atoms with Crippen molar-refractivity contribution in [3.05, 3.63) is 111 Å². The maximum atomic E-state index is 9.94. The summed E-state index contributed by atoms with van der Waals surface area (Å²) in [5, 5.41) is 28.9. The number of nitrogen functional groups attached to an aromatic ring is 1. The normalized spacial score (nSPS) is 9.83. The molecule has 6 rings (SSSR count). The molecule has 0 bridgehead atoms. The first-order valence-electron chi connectivity index (χ1n) is 19.8. The minimum atomic E-state index is -0.931. The van der Waals surface area contributed by atoms with Crippen LogP contribution in [-0.4, -0.2) is 83.1 Å². The fourth-order valence-electron chi connectivity index (χ4n) is 5.57. The molecule has 7 N–H and O–H groups in total. The van der Waals surface area contributed by atoms with E-state index in [1.54, 1.807) is 83.2 Å². The van der Waals surface area contributed by atoms with E-state index in [0.29, 0.717) is 60.8 Å². The minimum absolute atomic E-state index is 0.132. The molecule has 2 heterocycles. The topological polar surface area (TPSA) is 194 Å². The van der Waals surface area contributed by atoms with Crippen LogP contribution in [0.5, 0.6) is 34.5 Å². The average Bonchev–Trinajstić information content (AvgIpc) is 3.28. The molecule has 0 saturated heterocycles. The van der Waals surface area contributed by atoms with Gasteiger partial charge in [0.15, 0.2) is 23.0 Å². The summed E-state index contributed by atoms with van der Waals surface area (Å²) in [6, 6.07) is 21.1. The van der Waals surface area contributed by atoms with Crippen molar-refractivity contribution in [2.45, 2.75) is 34.6 Å². The third-order valence-corrected chi connectivity index (χ3v) is 10.1. The molecule has 0 aliphatic heterocycles. The molecular weight excluding hydrogens is 1080 g/mol. The van der Waals surface area contributed by atoms with Crippen LogP contribution in [-0.2, 0) is 15.1 Å². The van der Waals surface area contributed by atoms with E-state index in [2.05, 4.69) is 93.4 Å². The Hall–Kier alpha value is -4.55. The number of benzene rings is 4. The molecule has 348 valence electrons. The Kier molecular flexibility index (Phi) is 26.7. The quantitative estimate of drug-likeness (QED) is 0.0277. The number of nitrogens with zero attached hydrogens (tertiary/aromatic N) is 5. The van der Waals surface area contributed by atoms with Gasteiger partial charge in [0.05, 0.1) is 48.8 Å². The zero-order valence-electron chi connectivity index (χ0n) is 37.6. The monoisotopic (exact) mass is 1130 g/mol. The van der Waals surface area contributed by atoms with E-state index in [4.69, 9.17) is 55.7 Å². The second kappa shape index (κ2) is 30.6. The second-order valence-electron chi connectivity index (χ2n) is 13.0. The Bertz CT molecular complexity index is 2370. The average molecular weight is 1140 g/mol. The number of rotatable bonds is 13. The number of aryl methyl sites for hydroxylation is 2. The number of ether oxygens (including phenoxy) is 4. The summed E-state index contributed by atoms with van der Waals surface area (Å²) in [5.41, 5.74) is 10.1. The number of halogens is 5. The Balaban J connectivity index is 0.000000324. The summed E-state index contributed by atoms with van der Waals surface area (Å²) in [7, 11) is 16.3. The van der Waals surface area contributed by atoms with Crippen LogP contribution in [0.25, 0.3) is 0 Å². The van der Waals surface area contributed by atoms with Crippen LogP contribution < -0.4 is 40.6 Å². The molecule has 21 heteroatoms. The summed E-state index contributed by atoms with van der Waals surface area (Å²) >= 11 is 11.4. The maximum absolute atomic E-state index is 9.94. The molecule has 65 heavy (non-hydrogen) atoms. The molecular formula is C44H54Br2Cl3N9O6Zn. The van der Waals surface area contributed by atoms with E-state index in [9.17, 15) is 10.2 Å². The zero-order valence-corrected chi connectivity index (χ0v) is 46.0. The molecule has 0 radical (unpaired) electrons. The van der Waals surface area contributed by atoms with Crippen molar-refractivity contribution >= 4 is 103 Å². The number of phenols is 2. The number of nitrogens with one attached hydrogen (secondary N) is 3. The van der Waals surface area contributed by atoms with Crippen LogP contribution in [0.15, 0.2) is 94.1 Å². The van der Waals surface area contributed by atoms with Gasteiger partial charge in [0.2, 0.25) is 11.2 Å². The number of hydrogen-bond donors (Lipinski definition) is 6. The molecule has 0 amide bonds. The van der Waals surface area contributed by atoms with E-state index in [0.717, 1.165) is 22.6 Å². The van der Waals surface area contributed by atoms with Gasteiger partial charge in [-0.2, -0.15) is 9.97 Å². The van der Waals surface area contributed by atoms with E-state index < -0.39 is 15.1 Å². The number of phenolic OH excluding ortho intramolecular Hbond substituents is 2. The van der Waals surface area contributed by atoms with Gasteiger partial charge in [-0.3, -0.25) is 0 Å². The predicted octanol–water partition coefficient (Wildman–Crippen LogP) is 12.4. The van der Waals surface area contributed by atoms with Gasteiger partial charge in [-0.25, -0.2) is 9.97 Å². The predicted molar refractivity (Wildman–Crippen MR) is 269 cm³/mol. The third kappa shape index (κ3) is 19.1. The molecule has 0 atom stereocenters. The number of methoxy groups -OCH3 is 4. The molecule has 6 aromatic rings. The van der Waals surface area contributed by atoms with E-state index in [1.807, 2.05) is 38.1 Å². The van der Waals surface area contributed by atoms with Crippen LogP contribution in [0.4, 0.5) is 40.3 Å². The molecule has 0 spiro atoms. The van der Waals surface area contributed by atoms with Gasteiger partial charge in [-0.15, -0.1) is 0 Å². The fourth-order valence-corrected chi connectivity index (χ4v) is 6.28. The molecule has 15 nitrogen and oxygen atoms in total. The molecule has 4 aromatic carbocycles. The van der Waals surface area contributed by atoms with Gasteiger partial charge >= 0.3 is 34.5 Å². The van der Waals surface area contributed by atoms with Gasteiger partial charge < -0.3 is 55.7 Å². The molecule has 0 saturated carbocycles. The first kappa shape index (κ1) is 56.6. The number of nitrogens with two attached hydrogens (primary N) is 1. The summed E-state index contributed by atoms with van der Waals surface area (Å²) in [5.74, 6) is 4.40. The summed E-state index contributed by atoms with van der Waals surface area (Å²) < 4.78 is 22.3. The molecule has 0 unspecified atom stereocenters. The Morgan fingerprint density at radius 3 is 1.55 bits per heavy atom.